The molecule has 1 aliphatic heterocycles. The van der Waals surface area contributed by atoms with Gasteiger partial charge in [-0.05, 0) is 19.4 Å². The van der Waals surface area contributed by atoms with Crippen LogP contribution in [0.15, 0.2) is 24.3 Å². The Labute approximate surface area is 121 Å². The zero-order chi connectivity index (χ0) is 13.7. The molecule has 2 aromatic heterocycles. The molecule has 1 atom stereocenters. The highest BCUT2D eigenvalue weighted by Crippen LogP contribution is 2.29. The second-order valence-corrected chi connectivity index (χ2v) is 6.46. The first-order valence-corrected chi connectivity index (χ1v) is 7.71. The van der Waals surface area contributed by atoms with Crippen molar-refractivity contribution in [3.63, 3.8) is 0 Å². The van der Waals surface area contributed by atoms with Crippen LogP contribution in [0.4, 0.5) is 0 Å². The van der Waals surface area contributed by atoms with E-state index < -0.39 is 0 Å². The smallest absolute Gasteiger partial charge is 0.213 e. The van der Waals surface area contributed by atoms with E-state index >= 15 is 0 Å². The maximum absolute atomic E-state index is 4.74. The third-order valence-corrected chi connectivity index (χ3v) is 4.94. The van der Waals surface area contributed by atoms with E-state index in [4.69, 9.17) is 10.1 Å². The van der Waals surface area contributed by atoms with Gasteiger partial charge in [0.05, 0.1) is 5.69 Å². The van der Waals surface area contributed by atoms with E-state index in [-0.39, 0.29) is 0 Å². The zero-order valence-corrected chi connectivity index (χ0v) is 12.4. The summed E-state index contributed by atoms with van der Waals surface area (Å²) in [6, 6.07) is 8.79. The predicted molar refractivity (Wildman–Crippen MR) is 81.0 cm³/mol. The van der Waals surface area contributed by atoms with Gasteiger partial charge in [0.15, 0.2) is 5.82 Å². The molecule has 0 bridgehead atoms. The minimum atomic E-state index is 0.506. The van der Waals surface area contributed by atoms with E-state index in [9.17, 15) is 0 Å². The molecule has 102 valence electrons. The van der Waals surface area contributed by atoms with E-state index in [1.54, 1.807) is 11.3 Å². The summed E-state index contributed by atoms with van der Waals surface area (Å²) in [4.78, 5) is 7.09. The van der Waals surface area contributed by atoms with Crippen LogP contribution in [0, 0.1) is 6.92 Å². The molecule has 0 spiro atoms. The molecular weight excluding hydrogens is 268 g/mol. The summed E-state index contributed by atoms with van der Waals surface area (Å²) in [5.74, 6) is 0.836. The minimum Gasteiger partial charge on any atom is -0.309 e. The number of aromatic nitrogens is 3. The van der Waals surface area contributed by atoms with Crippen molar-refractivity contribution in [2.75, 3.05) is 0 Å². The van der Waals surface area contributed by atoms with Crippen LogP contribution in [0.2, 0.25) is 0 Å². The van der Waals surface area contributed by atoms with Crippen LogP contribution in [0.5, 0.6) is 0 Å². The standard InChI is InChI=1S/C15H16N4S/c1-9-5-3-4-6-11(9)14-17-15-19(18-14)12-7-10(2)16-8-13(12)20-15/h3-6,10,16H,7-8H2,1-2H3. The van der Waals surface area contributed by atoms with Crippen LogP contribution in [0.3, 0.4) is 0 Å². The Kier molecular flexibility index (Phi) is 2.65. The fourth-order valence-corrected chi connectivity index (χ4v) is 3.77. The molecular formula is C15H16N4S. The molecule has 1 unspecified atom stereocenters. The topological polar surface area (TPSA) is 42.2 Å². The van der Waals surface area contributed by atoms with Gasteiger partial charge in [-0.25, -0.2) is 4.52 Å². The van der Waals surface area contributed by atoms with Crippen molar-refractivity contribution in [1.29, 1.82) is 0 Å². The van der Waals surface area contributed by atoms with Crippen molar-refractivity contribution in [3.8, 4) is 11.4 Å². The molecule has 0 fully saturated rings. The van der Waals surface area contributed by atoms with Crippen LogP contribution < -0.4 is 5.32 Å². The lowest BCUT2D eigenvalue weighted by molar-refractivity contribution is 0.505. The van der Waals surface area contributed by atoms with E-state index in [1.807, 2.05) is 16.6 Å². The highest BCUT2D eigenvalue weighted by atomic mass is 32.1. The molecule has 0 aliphatic carbocycles. The van der Waals surface area contributed by atoms with Gasteiger partial charge < -0.3 is 5.32 Å². The molecule has 0 amide bonds. The first-order valence-electron chi connectivity index (χ1n) is 6.89. The molecule has 1 N–H and O–H groups in total. The van der Waals surface area contributed by atoms with Crippen LogP contribution in [-0.2, 0) is 13.0 Å². The number of hydrogen-bond donors (Lipinski definition) is 1. The van der Waals surface area contributed by atoms with Gasteiger partial charge in [0, 0.05) is 29.4 Å². The summed E-state index contributed by atoms with van der Waals surface area (Å²) < 4.78 is 2.04. The Morgan fingerprint density at radius 1 is 1.35 bits per heavy atom. The van der Waals surface area contributed by atoms with Gasteiger partial charge in [-0.1, -0.05) is 35.6 Å². The second kappa shape index (κ2) is 4.40. The summed E-state index contributed by atoms with van der Waals surface area (Å²) >= 11 is 1.75. The average molecular weight is 284 g/mol. The van der Waals surface area contributed by atoms with Crippen molar-refractivity contribution in [2.45, 2.75) is 32.9 Å². The normalized spacial score (nSPS) is 18.4. The van der Waals surface area contributed by atoms with Gasteiger partial charge in [-0.3, -0.25) is 0 Å². The number of nitrogens with one attached hydrogen (secondary N) is 1. The fourth-order valence-electron chi connectivity index (χ4n) is 2.73. The first-order chi connectivity index (χ1) is 9.72. The quantitative estimate of drug-likeness (QED) is 0.747. The summed E-state index contributed by atoms with van der Waals surface area (Å²) in [6.07, 6.45) is 1.02. The van der Waals surface area contributed by atoms with Crippen molar-refractivity contribution >= 4 is 16.3 Å². The lowest BCUT2D eigenvalue weighted by Gasteiger charge is -2.19. The molecule has 0 radical (unpaired) electrons. The molecule has 0 saturated heterocycles. The molecule has 3 heterocycles. The van der Waals surface area contributed by atoms with Crippen molar-refractivity contribution in [2.24, 2.45) is 0 Å². The SMILES string of the molecule is Cc1ccccc1-c1nc2sc3c(n2n1)CC(C)NC3. The Morgan fingerprint density at radius 2 is 2.20 bits per heavy atom. The molecule has 20 heavy (non-hydrogen) atoms. The van der Waals surface area contributed by atoms with Crippen LogP contribution in [0.25, 0.3) is 16.3 Å². The molecule has 3 aromatic rings. The molecule has 1 aromatic carbocycles. The van der Waals surface area contributed by atoms with E-state index in [2.05, 4.69) is 31.3 Å². The summed E-state index contributed by atoms with van der Waals surface area (Å²) in [7, 11) is 0. The number of benzene rings is 1. The highest BCUT2D eigenvalue weighted by Gasteiger charge is 2.22. The molecule has 4 nitrogen and oxygen atoms in total. The maximum atomic E-state index is 4.74. The van der Waals surface area contributed by atoms with Gasteiger partial charge >= 0.3 is 0 Å². The Bertz CT molecular complexity index is 786. The third-order valence-electron chi connectivity index (χ3n) is 3.87. The van der Waals surface area contributed by atoms with E-state index in [0.29, 0.717) is 6.04 Å². The van der Waals surface area contributed by atoms with Gasteiger partial charge in [-0.15, -0.1) is 5.10 Å². The zero-order valence-electron chi connectivity index (χ0n) is 11.6. The second-order valence-electron chi connectivity index (χ2n) is 5.40. The number of aryl methyl sites for hydroxylation is 1. The lowest BCUT2D eigenvalue weighted by Crippen LogP contribution is -2.32. The lowest BCUT2D eigenvalue weighted by atomic mass is 10.1. The van der Waals surface area contributed by atoms with Crippen LogP contribution in [0.1, 0.15) is 23.1 Å². The summed E-state index contributed by atoms with van der Waals surface area (Å²) in [5.41, 5.74) is 3.66. The number of nitrogens with zero attached hydrogens (tertiary/aromatic N) is 3. The summed E-state index contributed by atoms with van der Waals surface area (Å²) in [5, 5.41) is 8.23. The van der Waals surface area contributed by atoms with E-state index in [0.717, 1.165) is 29.3 Å². The number of rotatable bonds is 1. The maximum Gasteiger partial charge on any atom is 0.213 e. The molecule has 4 rings (SSSR count). The van der Waals surface area contributed by atoms with Crippen molar-refractivity contribution in [3.05, 3.63) is 40.4 Å². The van der Waals surface area contributed by atoms with Crippen LogP contribution >= 0.6 is 11.3 Å². The van der Waals surface area contributed by atoms with Crippen LogP contribution in [-0.4, -0.2) is 20.6 Å². The first kappa shape index (κ1) is 12.1. The van der Waals surface area contributed by atoms with Crippen molar-refractivity contribution < 1.29 is 0 Å². The molecule has 5 heteroatoms. The largest absolute Gasteiger partial charge is 0.309 e. The predicted octanol–water partition coefficient (Wildman–Crippen LogP) is 2.80. The number of thiazole rings is 1. The van der Waals surface area contributed by atoms with Gasteiger partial charge in [-0.2, -0.15) is 4.98 Å². The summed E-state index contributed by atoms with van der Waals surface area (Å²) in [6.45, 7) is 5.25. The van der Waals surface area contributed by atoms with Gasteiger partial charge in [0.25, 0.3) is 0 Å². The number of fused-ring (bicyclic) bond motifs is 3. The molecule has 1 aliphatic rings. The molecule has 0 saturated carbocycles. The van der Waals surface area contributed by atoms with Crippen molar-refractivity contribution in [1.82, 2.24) is 19.9 Å². The highest BCUT2D eigenvalue weighted by molar-refractivity contribution is 7.17. The Morgan fingerprint density at radius 3 is 3.05 bits per heavy atom. The Balaban J connectivity index is 1.87. The number of hydrogen-bond acceptors (Lipinski definition) is 4. The van der Waals surface area contributed by atoms with E-state index in [1.165, 1.54) is 16.1 Å². The Hall–Kier alpha value is -1.72. The monoisotopic (exact) mass is 284 g/mol. The average Bonchev–Trinajstić information content (AvgIpc) is 2.97. The van der Waals surface area contributed by atoms with Gasteiger partial charge in [0.1, 0.15) is 0 Å². The minimum absolute atomic E-state index is 0.506. The van der Waals surface area contributed by atoms with Gasteiger partial charge in [0.2, 0.25) is 4.96 Å². The fraction of sp³-hybridized carbons (Fsp3) is 0.333. The third kappa shape index (κ3) is 1.77.